The van der Waals surface area contributed by atoms with E-state index in [1.165, 1.54) is 38.5 Å². The van der Waals surface area contributed by atoms with Gasteiger partial charge in [0.15, 0.2) is 0 Å². The fourth-order valence-electron chi connectivity index (χ4n) is 3.89. The molecular weight excluding hydrogens is 314 g/mol. The summed E-state index contributed by atoms with van der Waals surface area (Å²) in [6, 6.07) is 6.72. The van der Waals surface area contributed by atoms with E-state index in [2.05, 4.69) is 26.9 Å². The van der Waals surface area contributed by atoms with Gasteiger partial charge in [-0.1, -0.05) is 28.8 Å². The van der Waals surface area contributed by atoms with E-state index in [0.29, 0.717) is 6.04 Å². The van der Waals surface area contributed by atoms with E-state index < -0.39 is 0 Å². The number of halogens is 1. The molecule has 3 rings (SSSR count). The van der Waals surface area contributed by atoms with Gasteiger partial charge in [0.25, 0.3) is 0 Å². The number of rotatable bonds is 2. The number of hydrogen-bond donors (Lipinski definition) is 2. The van der Waals surface area contributed by atoms with Gasteiger partial charge in [-0.25, -0.2) is 0 Å². The normalized spacial score (nSPS) is 26.1. The lowest BCUT2D eigenvalue weighted by Crippen LogP contribution is -2.47. The molecule has 0 aromatic heterocycles. The van der Waals surface area contributed by atoms with Gasteiger partial charge in [-0.3, -0.25) is 5.41 Å². The van der Waals surface area contributed by atoms with Crippen LogP contribution in [0.3, 0.4) is 0 Å². The molecule has 1 aliphatic heterocycles. The minimum Gasteiger partial charge on any atom is -0.384 e. The van der Waals surface area contributed by atoms with E-state index in [4.69, 9.17) is 11.1 Å². The lowest BCUT2D eigenvalue weighted by atomic mass is 9.78. The molecule has 1 aromatic carbocycles. The van der Waals surface area contributed by atoms with E-state index in [-0.39, 0.29) is 5.84 Å². The van der Waals surface area contributed by atoms with Gasteiger partial charge in [0.1, 0.15) is 5.84 Å². The molecule has 2 atom stereocenters. The van der Waals surface area contributed by atoms with Gasteiger partial charge >= 0.3 is 0 Å². The van der Waals surface area contributed by atoms with Crippen LogP contribution in [-0.2, 0) is 0 Å². The summed E-state index contributed by atoms with van der Waals surface area (Å²) in [5, 5.41) is 7.83. The first-order chi connectivity index (χ1) is 9.66. The second kappa shape index (κ2) is 5.76. The van der Waals surface area contributed by atoms with Gasteiger partial charge in [-0.05, 0) is 49.8 Å². The third-order valence-electron chi connectivity index (χ3n) is 4.80. The van der Waals surface area contributed by atoms with Crippen LogP contribution < -0.4 is 10.6 Å². The Hall–Kier alpha value is -1.03. The number of piperidine rings is 1. The Labute approximate surface area is 129 Å². The molecule has 108 valence electrons. The number of hydrogen-bond acceptors (Lipinski definition) is 2. The van der Waals surface area contributed by atoms with E-state index in [0.717, 1.165) is 28.2 Å². The molecule has 3 N–H and O–H groups in total. The Morgan fingerprint density at radius 3 is 2.75 bits per heavy atom. The van der Waals surface area contributed by atoms with Crippen molar-refractivity contribution in [1.82, 2.24) is 0 Å². The van der Waals surface area contributed by atoms with Crippen molar-refractivity contribution in [2.75, 3.05) is 11.4 Å². The first-order valence-electron chi connectivity index (χ1n) is 7.57. The summed E-state index contributed by atoms with van der Waals surface area (Å²) in [4.78, 5) is 2.52. The molecule has 0 unspecified atom stereocenters. The van der Waals surface area contributed by atoms with Crippen LogP contribution in [0.1, 0.15) is 44.1 Å². The number of nitrogens with one attached hydrogen (secondary N) is 1. The third-order valence-corrected chi connectivity index (χ3v) is 5.30. The molecule has 1 aliphatic carbocycles. The van der Waals surface area contributed by atoms with Gasteiger partial charge in [-0.2, -0.15) is 0 Å². The maximum atomic E-state index is 7.83. The molecule has 0 spiro atoms. The van der Waals surface area contributed by atoms with Crippen molar-refractivity contribution >= 4 is 27.5 Å². The van der Waals surface area contributed by atoms with Crippen molar-refractivity contribution < 1.29 is 0 Å². The maximum absolute atomic E-state index is 7.83. The van der Waals surface area contributed by atoms with E-state index in [9.17, 15) is 0 Å². The minimum atomic E-state index is 0.172. The van der Waals surface area contributed by atoms with Gasteiger partial charge < -0.3 is 10.6 Å². The van der Waals surface area contributed by atoms with Crippen LogP contribution >= 0.6 is 15.9 Å². The Balaban J connectivity index is 1.98. The highest BCUT2D eigenvalue weighted by Crippen LogP contribution is 2.39. The van der Waals surface area contributed by atoms with Crippen molar-refractivity contribution in [3.8, 4) is 0 Å². The summed E-state index contributed by atoms with van der Waals surface area (Å²) in [7, 11) is 0. The number of nitrogen functional groups attached to an aromatic ring is 1. The first-order valence-corrected chi connectivity index (χ1v) is 8.36. The van der Waals surface area contributed by atoms with Crippen LogP contribution in [-0.4, -0.2) is 18.4 Å². The van der Waals surface area contributed by atoms with Crippen molar-refractivity contribution in [2.45, 2.75) is 44.6 Å². The third kappa shape index (κ3) is 2.58. The Morgan fingerprint density at radius 1 is 1.20 bits per heavy atom. The molecule has 2 aliphatic rings. The summed E-state index contributed by atoms with van der Waals surface area (Å²) < 4.78 is 1.07. The topological polar surface area (TPSA) is 53.1 Å². The summed E-state index contributed by atoms with van der Waals surface area (Å²) >= 11 is 3.56. The van der Waals surface area contributed by atoms with E-state index in [1.807, 2.05) is 12.1 Å². The standard InChI is InChI=1S/C16H22BrN3/c17-12-7-8-13(16(18)19)15(10-12)20-9-3-5-11-4-1-2-6-14(11)20/h7-8,10-11,14H,1-6,9H2,(H3,18,19)/t11-,14-/m1/s1. The van der Waals surface area contributed by atoms with Gasteiger partial charge in [-0.15, -0.1) is 0 Å². The average molecular weight is 336 g/mol. The highest BCUT2D eigenvalue weighted by molar-refractivity contribution is 9.10. The van der Waals surface area contributed by atoms with Crippen molar-refractivity contribution in [3.05, 3.63) is 28.2 Å². The van der Waals surface area contributed by atoms with Crippen LogP contribution in [0, 0.1) is 11.3 Å². The minimum absolute atomic E-state index is 0.172. The number of nitrogens with two attached hydrogens (primary N) is 1. The summed E-state index contributed by atoms with van der Waals surface area (Å²) in [6.45, 7) is 1.10. The summed E-state index contributed by atoms with van der Waals surface area (Å²) in [6.07, 6.45) is 7.99. The Kier molecular flexibility index (Phi) is 4.01. The summed E-state index contributed by atoms with van der Waals surface area (Å²) in [5.41, 5.74) is 7.80. The molecule has 0 radical (unpaired) electrons. The number of nitrogens with zero attached hydrogens (tertiary/aromatic N) is 1. The zero-order valence-corrected chi connectivity index (χ0v) is 13.3. The first kappa shape index (κ1) is 13.9. The molecule has 1 heterocycles. The predicted molar refractivity (Wildman–Crippen MR) is 87.5 cm³/mol. The fraction of sp³-hybridized carbons (Fsp3) is 0.562. The number of anilines is 1. The SMILES string of the molecule is N=C(N)c1ccc(Br)cc1N1CCC[C@H]2CCCC[C@H]21. The summed E-state index contributed by atoms with van der Waals surface area (Å²) in [5.74, 6) is 1.00. The van der Waals surface area contributed by atoms with Crippen LogP contribution in [0.25, 0.3) is 0 Å². The van der Waals surface area contributed by atoms with Gasteiger partial charge in [0, 0.05) is 28.3 Å². The van der Waals surface area contributed by atoms with Crippen molar-refractivity contribution in [2.24, 2.45) is 11.7 Å². The molecule has 3 nitrogen and oxygen atoms in total. The molecule has 0 amide bonds. The zero-order chi connectivity index (χ0) is 14.1. The largest absolute Gasteiger partial charge is 0.384 e. The highest BCUT2D eigenvalue weighted by atomic mass is 79.9. The quantitative estimate of drug-likeness (QED) is 0.636. The van der Waals surface area contributed by atoms with Crippen LogP contribution in [0.2, 0.25) is 0 Å². The fourth-order valence-corrected chi connectivity index (χ4v) is 4.24. The van der Waals surface area contributed by atoms with Crippen LogP contribution in [0.5, 0.6) is 0 Å². The molecule has 1 saturated heterocycles. The molecule has 1 saturated carbocycles. The molecule has 20 heavy (non-hydrogen) atoms. The lowest BCUT2D eigenvalue weighted by molar-refractivity contribution is 0.244. The molecular formula is C16H22BrN3. The smallest absolute Gasteiger partial charge is 0.124 e. The molecule has 4 heteroatoms. The van der Waals surface area contributed by atoms with E-state index >= 15 is 0 Å². The number of benzene rings is 1. The zero-order valence-electron chi connectivity index (χ0n) is 11.7. The second-order valence-corrected chi connectivity index (χ2v) is 6.94. The second-order valence-electron chi connectivity index (χ2n) is 6.02. The van der Waals surface area contributed by atoms with Crippen LogP contribution in [0.15, 0.2) is 22.7 Å². The Morgan fingerprint density at radius 2 is 1.95 bits per heavy atom. The molecule has 0 bridgehead atoms. The lowest BCUT2D eigenvalue weighted by Gasteiger charge is -2.46. The maximum Gasteiger partial charge on any atom is 0.124 e. The molecule has 2 fully saturated rings. The van der Waals surface area contributed by atoms with Gasteiger partial charge in [0.05, 0.1) is 0 Å². The Bertz CT molecular complexity index is 512. The van der Waals surface area contributed by atoms with E-state index in [1.54, 1.807) is 0 Å². The van der Waals surface area contributed by atoms with Gasteiger partial charge in [0.2, 0.25) is 0 Å². The predicted octanol–water partition coefficient (Wildman–Crippen LogP) is 3.89. The number of fused-ring (bicyclic) bond motifs is 1. The monoisotopic (exact) mass is 335 g/mol. The van der Waals surface area contributed by atoms with Crippen molar-refractivity contribution in [3.63, 3.8) is 0 Å². The highest BCUT2D eigenvalue weighted by Gasteiger charge is 2.34. The molecule has 1 aromatic rings. The average Bonchev–Trinajstić information content (AvgIpc) is 2.46. The van der Waals surface area contributed by atoms with Crippen molar-refractivity contribution in [1.29, 1.82) is 5.41 Å². The van der Waals surface area contributed by atoms with Crippen LogP contribution in [0.4, 0.5) is 5.69 Å². The number of amidine groups is 1.